The van der Waals surface area contributed by atoms with Gasteiger partial charge in [-0.15, -0.1) is 0 Å². The van der Waals surface area contributed by atoms with Gasteiger partial charge in [0.1, 0.15) is 5.69 Å². The third-order valence-corrected chi connectivity index (χ3v) is 6.44. The molecule has 1 aliphatic carbocycles. The quantitative estimate of drug-likeness (QED) is 0.359. The van der Waals surface area contributed by atoms with Gasteiger partial charge in [0.2, 0.25) is 0 Å². The van der Waals surface area contributed by atoms with Crippen molar-refractivity contribution in [2.24, 2.45) is 5.41 Å². The Morgan fingerprint density at radius 2 is 1.84 bits per heavy atom. The van der Waals surface area contributed by atoms with Crippen LogP contribution < -0.4 is 4.90 Å². The molecule has 0 fully saturated rings. The van der Waals surface area contributed by atoms with E-state index in [2.05, 4.69) is 35.1 Å². The van der Waals surface area contributed by atoms with Gasteiger partial charge in [0.25, 0.3) is 11.7 Å². The fourth-order valence-corrected chi connectivity index (χ4v) is 4.50. The van der Waals surface area contributed by atoms with E-state index in [4.69, 9.17) is 0 Å². The summed E-state index contributed by atoms with van der Waals surface area (Å²) in [6.07, 6.45) is 3.15. The van der Waals surface area contributed by atoms with Crippen molar-refractivity contribution >= 4 is 28.3 Å². The van der Waals surface area contributed by atoms with E-state index in [-0.39, 0.29) is 0 Å². The lowest BCUT2D eigenvalue weighted by molar-refractivity contribution is -0.114. The molecule has 0 aliphatic heterocycles. The Bertz CT molecular complexity index is 1330. The molecule has 162 valence electrons. The highest BCUT2D eigenvalue weighted by molar-refractivity contribution is 6.47. The summed E-state index contributed by atoms with van der Waals surface area (Å²) in [6, 6.07) is 16.4. The number of amides is 1. The molecule has 2 aromatic carbocycles. The zero-order valence-corrected chi connectivity index (χ0v) is 18.5. The lowest BCUT2D eigenvalue weighted by atomic mass is 9.76. The minimum Gasteiger partial charge on any atom is -0.353 e. The second kappa shape index (κ2) is 7.48. The Labute approximate surface area is 186 Å². The van der Waals surface area contributed by atoms with Crippen LogP contribution in [0.3, 0.4) is 0 Å². The molecule has 0 radical (unpaired) electrons. The molecule has 2 N–H and O–H groups in total. The van der Waals surface area contributed by atoms with Crippen LogP contribution in [0.2, 0.25) is 0 Å². The number of likely N-dealkylation sites (N-methyl/N-ethyl adjacent to an activating group) is 1. The van der Waals surface area contributed by atoms with E-state index in [1.165, 1.54) is 16.2 Å². The number of carbonyl (C=O) groups is 2. The number of fused-ring (bicyclic) bond motifs is 2. The van der Waals surface area contributed by atoms with Gasteiger partial charge in [0.05, 0.1) is 5.69 Å². The van der Waals surface area contributed by atoms with E-state index in [0.29, 0.717) is 16.7 Å². The van der Waals surface area contributed by atoms with E-state index in [1.54, 1.807) is 31.3 Å². The smallest absolute Gasteiger partial charge is 0.299 e. The molecule has 0 saturated carbocycles. The molecule has 0 spiro atoms. The van der Waals surface area contributed by atoms with Crippen LogP contribution in [0.15, 0.2) is 54.6 Å². The molecule has 1 amide bonds. The minimum absolute atomic E-state index is 0.292. The fraction of sp³-hybridized carbons (Fsp3) is 0.269. The van der Waals surface area contributed by atoms with Gasteiger partial charge in [-0.05, 0) is 42.9 Å². The summed E-state index contributed by atoms with van der Waals surface area (Å²) in [5, 5.41) is 8.88. The first-order chi connectivity index (χ1) is 15.3. The topological polar surface area (TPSA) is 81.8 Å². The molecular formula is C26H26N4O2. The van der Waals surface area contributed by atoms with E-state index in [0.717, 1.165) is 41.6 Å². The normalized spacial score (nSPS) is 14.8. The standard InChI is InChI=1S/C26H26N4O2/c1-26(2)12-11-19-22(15-26)28-29-23(19)21-13-17-9-10-18(14-20(17)27-21)30(3)25(32)24(31)16-7-5-4-6-8-16/h4-10,13-14,27H,11-12,15H2,1-3H3,(H,28,29). The molecule has 32 heavy (non-hydrogen) atoms. The second-order valence-corrected chi connectivity index (χ2v) is 9.38. The number of benzene rings is 2. The number of hydrogen-bond acceptors (Lipinski definition) is 3. The number of anilines is 1. The zero-order chi connectivity index (χ0) is 22.5. The first kappa shape index (κ1) is 20.2. The molecule has 6 nitrogen and oxygen atoms in total. The number of hydrogen-bond donors (Lipinski definition) is 2. The summed E-state index contributed by atoms with van der Waals surface area (Å²) in [5.74, 6) is -1.09. The molecule has 0 atom stereocenters. The van der Waals surface area contributed by atoms with Crippen molar-refractivity contribution in [2.45, 2.75) is 33.1 Å². The second-order valence-electron chi connectivity index (χ2n) is 9.38. The highest BCUT2D eigenvalue weighted by Crippen LogP contribution is 2.38. The maximum Gasteiger partial charge on any atom is 0.299 e. The van der Waals surface area contributed by atoms with Gasteiger partial charge in [-0.2, -0.15) is 5.10 Å². The fourth-order valence-electron chi connectivity index (χ4n) is 4.50. The van der Waals surface area contributed by atoms with Crippen molar-refractivity contribution in [3.05, 3.63) is 71.4 Å². The Balaban J connectivity index is 1.43. The van der Waals surface area contributed by atoms with Crippen LogP contribution in [0.5, 0.6) is 0 Å². The molecule has 0 unspecified atom stereocenters. The van der Waals surface area contributed by atoms with Gasteiger partial charge in [0, 0.05) is 40.5 Å². The number of aromatic amines is 2. The summed E-state index contributed by atoms with van der Waals surface area (Å²) in [5.41, 5.74) is 6.68. The molecule has 0 saturated heterocycles. The van der Waals surface area contributed by atoms with Crippen LogP contribution in [0.1, 0.15) is 41.9 Å². The van der Waals surface area contributed by atoms with Crippen molar-refractivity contribution in [3.63, 3.8) is 0 Å². The first-order valence-electron chi connectivity index (χ1n) is 10.9. The van der Waals surface area contributed by atoms with E-state index in [9.17, 15) is 9.59 Å². The predicted molar refractivity (Wildman–Crippen MR) is 126 cm³/mol. The van der Waals surface area contributed by atoms with Crippen LogP contribution >= 0.6 is 0 Å². The van der Waals surface area contributed by atoms with Gasteiger partial charge in [-0.3, -0.25) is 14.7 Å². The number of H-pyrrole nitrogens is 2. The average molecular weight is 427 g/mol. The van der Waals surface area contributed by atoms with Crippen molar-refractivity contribution < 1.29 is 9.59 Å². The third kappa shape index (κ3) is 3.51. The lowest BCUT2D eigenvalue weighted by Gasteiger charge is -2.28. The van der Waals surface area contributed by atoms with Crippen molar-refractivity contribution in [3.8, 4) is 11.4 Å². The molecule has 6 heteroatoms. The highest BCUT2D eigenvalue weighted by Gasteiger charge is 2.29. The van der Waals surface area contributed by atoms with Crippen LogP contribution in [0, 0.1) is 5.41 Å². The summed E-state index contributed by atoms with van der Waals surface area (Å²) in [6.45, 7) is 4.59. The Hall–Kier alpha value is -3.67. The Kier molecular flexibility index (Phi) is 4.73. The summed E-state index contributed by atoms with van der Waals surface area (Å²) < 4.78 is 0. The van der Waals surface area contributed by atoms with Gasteiger partial charge in [-0.25, -0.2) is 0 Å². The van der Waals surface area contributed by atoms with E-state index >= 15 is 0 Å². The Morgan fingerprint density at radius 1 is 1.06 bits per heavy atom. The van der Waals surface area contributed by atoms with Crippen LogP contribution in [0.4, 0.5) is 5.69 Å². The van der Waals surface area contributed by atoms with Crippen LogP contribution in [-0.2, 0) is 17.6 Å². The van der Waals surface area contributed by atoms with Gasteiger partial charge in [-0.1, -0.05) is 50.2 Å². The molecule has 5 rings (SSSR count). The van der Waals surface area contributed by atoms with E-state index in [1.807, 2.05) is 24.3 Å². The maximum atomic E-state index is 12.7. The maximum absolute atomic E-state index is 12.7. The molecule has 4 aromatic rings. The average Bonchev–Trinajstić information content (AvgIpc) is 3.40. The monoisotopic (exact) mass is 426 g/mol. The number of aromatic nitrogens is 3. The largest absolute Gasteiger partial charge is 0.353 e. The van der Waals surface area contributed by atoms with E-state index < -0.39 is 11.7 Å². The zero-order valence-electron chi connectivity index (χ0n) is 18.5. The highest BCUT2D eigenvalue weighted by atomic mass is 16.2. The van der Waals surface area contributed by atoms with Gasteiger partial charge < -0.3 is 9.88 Å². The number of nitrogens with zero attached hydrogens (tertiary/aromatic N) is 2. The molecule has 1 aliphatic rings. The van der Waals surface area contributed by atoms with Crippen molar-refractivity contribution in [1.29, 1.82) is 0 Å². The van der Waals surface area contributed by atoms with Gasteiger partial charge in [0.15, 0.2) is 0 Å². The molecular weight excluding hydrogens is 400 g/mol. The SMILES string of the molecule is CN(C(=O)C(=O)c1ccccc1)c1ccc2cc(-c3n[nH]c4c3CCC(C)(C)C4)[nH]c2c1. The summed E-state index contributed by atoms with van der Waals surface area (Å²) in [7, 11) is 1.63. The number of Topliss-reactive ketones (excluding diaryl/α,β-unsaturated/α-hetero) is 1. The Morgan fingerprint density at radius 3 is 2.62 bits per heavy atom. The molecule has 2 aromatic heterocycles. The summed E-state index contributed by atoms with van der Waals surface area (Å²) in [4.78, 5) is 30.1. The number of carbonyl (C=O) groups excluding carboxylic acids is 2. The van der Waals surface area contributed by atoms with Gasteiger partial charge >= 0.3 is 0 Å². The lowest BCUT2D eigenvalue weighted by Crippen LogP contribution is -2.33. The third-order valence-electron chi connectivity index (χ3n) is 6.44. The predicted octanol–water partition coefficient (Wildman–Crippen LogP) is 4.92. The number of ketones is 1. The number of nitrogens with one attached hydrogen (secondary N) is 2. The van der Waals surface area contributed by atoms with Crippen LogP contribution in [0.25, 0.3) is 22.3 Å². The van der Waals surface area contributed by atoms with Crippen LogP contribution in [-0.4, -0.2) is 33.9 Å². The van der Waals surface area contributed by atoms with Crippen molar-refractivity contribution in [1.82, 2.24) is 15.2 Å². The minimum atomic E-state index is -0.564. The summed E-state index contributed by atoms with van der Waals surface area (Å²) >= 11 is 0. The van der Waals surface area contributed by atoms with Crippen molar-refractivity contribution in [2.75, 3.05) is 11.9 Å². The molecule has 2 heterocycles. The first-order valence-corrected chi connectivity index (χ1v) is 10.9. The molecule has 0 bridgehead atoms. The number of rotatable bonds is 4.